The zero-order chi connectivity index (χ0) is 11.8. The van der Waals surface area contributed by atoms with E-state index in [1.165, 1.54) is 12.8 Å². The van der Waals surface area contributed by atoms with Gasteiger partial charge in [-0.1, -0.05) is 17.7 Å². The third-order valence-electron chi connectivity index (χ3n) is 2.83. The molecule has 1 saturated carbocycles. The molecule has 3 rings (SSSR count). The van der Waals surface area contributed by atoms with Crippen LogP contribution in [0.3, 0.4) is 0 Å². The fraction of sp³-hybridized carbons (Fsp3) is 0.308. The summed E-state index contributed by atoms with van der Waals surface area (Å²) in [5, 5.41) is 0.500. The van der Waals surface area contributed by atoms with E-state index in [-0.39, 0.29) is 0 Å². The van der Waals surface area contributed by atoms with Crippen LogP contribution >= 0.6 is 11.6 Å². The molecular formula is C13H12ClN3. The lowest BCUT2D eigenvalue weighted by atomic mass is 10.2. The van der Waals surface area contributed by atoms with Crippen LogP contribution in [-0.2, 0) is 0 Å². The zero-order valence-electron chi connectivity index (χ0n) is 9.52. The Morgan fingerprint density at radius 2 is 2.00 bits per heavy atom. The monoisotopic (exact) mass is 245 g/mol. The van der Waals surface area contributed by atoms with Gasteiger partial charge in [-0.05, 0) is 38.0 Å². The van der Waals surface area contributed by atoms with E-state index < -0.39 is 0 Å². The summed E-state index contributed by atoms with van der Waals surface area (Å²) in [7, 11) is 0. The van der Waals surface area contributed by atoms with E-state index in [2.05, 4.69) is 15.0 Å². The fourth-order valence-corrected chi connectivity index (χ4v) is 2.00. The number of aromatic nitrogens is 3. The van der Waals surface area contributed by atoms with Gasteiger partial charge in [0.15, 0.2) is 5.82 Å². The molecule has 0 saturated heterocycles. The van der Waals surface area contributed by atoms with E-state index in [9.17, 15) is 0 Å². The Hall–Kier alpha value is -1.48. The molecule has 0 unspecified atom stereocenters. The molecule has 2 heterocycles. The van der Waals surface area contributed by atoms with Crippen LogP contribution in [-0.4, -0.2) is 15.0 Å². The molecule has 2 aromatic heterocycles. The molecular weight excluding hydrogens is 234 g/mol. The van der Waals surface area contributed by atoms with Gasteiger partial charge in [-0.3, -0.25) is 0 Å². The Morgan fingerprint density at radius 1 is 1.18 bits per heavy atom. The van der Waals surface area contributed by atoms with Gasteiger partial charge < -0.3 is 0 Å². The molecule has 4 heteroatoms. The highest BCUT2D eigenvalue weighted by Crippen LogP contribution is 2.39. The summed E-state index contributed by atoms with van der Waals surface area (Å²) in [6.45, 7) is 1.95. The summed E-state index contributed by atoms with van der Waals surface area (Å²) >= 11 is 6.03. The van der Waals surface area contributed by atoms with Crippen LogP contribution in [0.5, 0.6) is 0 Å². The molecule has 86 valence electrons. The number of rotatable bonds is 2. The SMILES string of the molecule is Cc1cccc(-c2nc(Cl)cc(C3CC3)n2)n1. The molecule has 0 atom stereocenters. The van der Waals surface area contributed by atoms with Gasteiger partial charge in [0, 0.05) is 17.3 Å². The first-order valence-electron chi connectivity index (χ1n) is 5.71. The molecule has 0 aliphatic heterocycles. The van der Waals surface area contributed by atoms with Crippen molar-refractivity contribution in [1.82, 2.24) is 15.0 Å². The summed E-state index contributed by atoms with van der Waals surface area (Å²) in [4.78, 5) is 13.2. The standard InChI is InChI=1S/C13H12ClN3/c1-8-3-2-4-10(15-8)13-16-11(9-5-6-9)7-12(14)17-13/h2-4,7,9H,5-6H2,1H3. The van der Waals surface area contributed by atoms with Gasteiger partial charge in [-0.2, -0.15) is 0 Å². The van der Waals surface area contributed by atoms with E-state index in [0.717, 1.165) is 17.1 Å². The summed E-state index contributed by atoms with van der Waals surface area (Å²) in [5.41, 5.74) is 2.79. The van der Waals surface area contributed by atoms with Crippen molar-refractivity contribution in [2.24, 2.45) is 0 Å². The largest absolute Gasteiger partial charge is 0.250 e. The van der Waals surface area contributed by atoms with Crippen LogP contribution in [0.1, 0.15) is 30.1 Å². The third kappa shape index (κ3) is 2.29. The first kappa shape index (κ1) is 10.7. The molecule has 1 aliphatic carbocycles. The van der Waals surface area contributed by atoms with E-state index in [1.807, 2.05) is 31.2 Å². The minimum absolute atomic E-state index is 0.500. The Morgan fingerprint density at radius 3 is 2.71 bits per heavy atom. The van der Waals surface area contributed by atoms with Crippen LogP contribution in [0.4, 0.5) is 0 Å². The maximum Gasteiger partial charge on any atom is 0.179 e. The summed E-state index contributed by atoms with van der Waals surface area (Å²) in [6, 6.07) is 7.68. The first-order valence-corrected chi connectivity index (χ1v) is 6.09. The highest BCUT2D eigenvalue weighted by molar-refractivity contribution is 6.29. The first-order chi connectivity index (χ1) is 8.22. The van der Waals surface area contributed by atoms with Gasteiger partial charge >= 0.3 is 0 Å². The summed E-state index contributed by atoms with van der Waals surface area (Å²) < 4.78 is 0. The zero-order valence-corrected chi connectivity index (χ0v) is 10.3. The molecule has 0 aromatic carbocycles. The molecule has 2 aromatic rings. The number of halogens is 1. The van der Waals surface area contributed by atoms with Crippen molar-refractivity contribution in [3.63, 3.8) is 0 Å². The lowest BCUT2D eigenvalue weighted by molar-refractivity contribution is 0.985. The van der Waals surface area contributed by atoms with Gasteiger partial charge in [0.25, 0.3) is 0 Å². The molecule has 3 nitrogen and oxygen atoms in total. The van der Waals surface area contributed by atoms with E-state index in [0.29, 0.717) is 16.9 Å². The average molecular weight is 246 g/mol. The number of hydrogen-bond acceptors (Lipinski definition) is 3. The van der Waals surface area contributed by atoms with Gasteiger partial charge in [-0.15, -0.1) is 0 Å². The van der Waals surface area contributed by atoms with Gasteiger partial charge in [0.2, 0.25) is 0 Å². The minimum atomic E-state index is 0.500. The minimum Gasteiger partial charge on any atom is -0.250 e. The lowest BCUT2D eigenvalue weighted by Gasteiger charge is -2.04. The van der Waals surface area contributed by atoms with Gasteiger partial charge in [0.05, 0.1) is 0 Å². The number of pyridine rings is 1. The van der Waals surface area contributed by atoms with Crippen LogP contribution in [0.15, 0.2) is 24.3 Å². The van der Waals surface area contributed by atoms with Crippen LogP contribution in [0, 0.1) is 6.92 Å². The normalized spacial score (nSPS) is 14.9. The van der Waals surface area contributed by atoms with Crippen LogP contribution in [0.2, 0.25) is 5.15 Å². The fourth-order valence-electron chi connectivity index (χ4n) is 1.81. The van der Waals surface area contributed by atoms with Crippen molar-refractivity contribution in [2.45, 2.75) is 25.7 Å². The smallest absolute Gasteiger partial charge is 0.179 e. The van der Waals surface area contributed by atoms with Crippen molar-refractivity contribution in [3.8, 4) is 11.5 Å². The quantitative estimate of drug-likeness (QED) is 0.762. The van der Waals surface area contributed by atoms with Crippen LogP contribution in [0.25, 0.3) is 11.5 Å². The Kier molecular flexibility index (Phi) is 2.56. The summed E-state index contributed by atoms with van der Waals surface area (Å²) in [5.74, 6) is 1.20. The molecule has 0 N–H and O–H groups in total. The molecule has 17 heavy (non-hydrogen) atoms. The second kappa shape index (κ2) is 4.08. The Bertz CT molecular complexity index is 564. The van der Waals surface area contributed by atoms with Gasteiger partial charge in [-0.25, -0.2) is 15.0 Å². The maximum absolute atomic E-state index is 6.03. The van der Waals surface area contributed by atoms with Crippen molar-refractivity contribution in [3.05, 3.63) is 40.8 Å². The molecule has 1 fully saturated rings. The Labute approximate surface area is 105 Å². The van der Waals surface area contributed by atoms with Crippen molar-refractivity contribution >= 4 is 11.6 Å². The molecule has 0 spiro atoms. The average Bonchev–Trinajstić information content (AvgIpc) is 3.12. The van der Waals surface area contributed by atoms with Gasteiger partial charge in [0.1, 0.15) is 10.8 Å². The molecule has 0 bridgehead atoms. The topological polar surface area (TPSA) is 38.7 Å². The third-order valence-corrected chi connectivity index (χ3v) is 3.02. The highest BCUT2D eigenvalue weighted by Gasteiger charge is 2.26. The predicted octanol–water partition coefficient (Wildman–Crippen LogP) is 3.38. The van der Waals surface area contributed by atoms with E-state index in [4.69, 9.17) is 11.6 Å². The highest BCUT2D eigenvalue weighted by atomic mass is 35.5. The predicted molar refractivity (Wildman–Crippen MR) is 67.0 cm³/mol. The maximum atomic E-state index is 6.03. The second-order valence-corrected chi connectivity index (χ2v) is 4.76. The number of nitrogens with zero attached hydrogens (tertiary/aromatic N) is 3. The molecule has 1 aliphatic rings. The van der Waals surface area contributed by atoms with Crippen molar-refractivity contribution in [1.29, 1.82) is 0 Å². The molecule has 0 amide bonds. The van der Waals surface area contributed by atoms with Crippen LogP contribution < -0.4 is 0 Å². The van der Waals surface area contributed by atoms with Crippen molar-refractivity contribution in [2.75, 3.05) is 0 Å². The Balaban J connectivity index is 2.07. The second-order valence-electron chi connectivity index (χ2n) is 4.38. The van der Waals surface area contributed by atoms with E-state index >= 15 is 0 Å². The number of hydrogen-bond donors (Lipinski definition) is 0. The number of aryl methyl sites for hydroxylation is 1. The lowest BCUT2D eigenvalue weighted by Crippen LogP contribution is -1.97. The van der Waals surface area contributed by atoms with Crippen molar-refractivity contribution < 1.29 is 0 Å². The molecule has 0 radical (unpaired) electrons. The summed E-state index contributed by atoms with van der Waals surface area (Å²) in [6.07, 6.45) is 2.40. The van der Waals surface area contributed by atoms with E-state index in [1.54, 1.807) is 0 Å².